The number of H-pyrrole nitrogens is 1. The van der Waals surface area contributed by atoms with Gasteiger partial charge in [0.15, 0.2) is 11.3 Å². The zero-order valence-corrected chi connectivity index (χ0v) is 20.8. The minimum Gasteiger partial charge on any atom is -0.423 e. The third kappa shape index (κ3) is 5.11. The molecule has 0 spiro atoms. The fourth-order valence-corrected chi connectivity index (χ4v) is 4.57. The van der Waals surface area contributed by atoms with Crippen LogP contribution in [0.4, 0.5) is 17.5 Å². The first-order chi connectivity index (χ1) is 16.7. The lowest BCUT2D eigenvalue weighted by molar-refractivity contribution is -0.123. The van der Waals surface area contributed by atoms with E-state index in [2.05, 4.69) is 9.97 Å². The number of rotatable bonds is 7. The van der Waals surface area contributed by atoms with E-state index in [4.69, 9.17) is 10.2 Å². The van der Waals surface area contributed by atoms with Crippen molar-refractivity contribution < 1.29 is 9.21 Å². The maximum atomic E-state index is 13.7. The summed E-state index contributed by atoms with van der Waals surface area (Å²) in [4.78, 5) is 49.4. The fourth-order valence-electron chi connectivity index (χ4n) is 4.57. The standard InChI is InChI=1S/C25H34N6O4/c1-15(2)13-30(20-21(26)31(14-16(3)4)24(34)28-22(20)32)23(33)17-9-11-29(12-10-17)25-27-18-7-5-6-8-19(18)35-25/h5-8,15-17H,9-14,26H2,1-4H3,(H,28,32,34). The molecule has 1 aromatic carbocycles. The normalized spacial score (nSPS) is 14.9. The quantitative estimate of drug-likeness (QED) is 0.529. The molecular weight excluding hydrogens is 448 g/mol. The number of aromatic amines is 1. The van der Waals surface area contributed by atoms with Crippen molar-refractivity contribution in [2.45, 2.75) is 47.1 Å². The lowest BCUT2D eigenvalue weighted by Crippen LogP contribution is -2.47. The zero-order chi connectivity index (χ0) is 25.3. The Morgan fingerprint density at radius 3 is 2.49 bits per heavy atom. The Morgan fingerprint density at radius 1 is 1.17 bits per heavy atom. The number of carbonyl (C=O) groups excluding carboxylic acids is 1. The van der Waals surface area contributed by atoms with Crippen LogP contribution >= 0.6 is 0 Å². The van der Waals surface area contributed by atoms with Crippen LogP contribution in [0.2, 0.25) is 0 Å². The number of hydrogen-bond donors (Lipinski definition) is 2. The van der Waals surface area contributed by atoms with E-state index in [1.807, 2.05) is 56.9 Å². The van der Waals surface area contributed by atoms with Crippen molar-refractivity contribution in [1.29, 1.82) is 0 Å². The van der Waals surface area contributed by atoms with Crippen molar-refractivity contribution in [2.75, 3.05) is 35.2 Å². The number of nitrogens with one attached hydrogen (secondary N) is 1. The molecule has 1 saturated heterocycles. The molecular formula is C25H34N6O4. The Morgan fingerprint density at radius 2 is 1.86 bits per heavy atom. The van der Waals surface area contributed by atoms with Crippen molar-refractivity contribution in [3.05, 3.63) is 45.1 Å². The number of fused-ring (bicyclic) bond motifs is 1. The molecule has 1 fully saturated rings. The highest BCUT2D eigenvalue weighted by molar-refractivity contribution is 5.97. The van der Waals surface area contributed by atoms with Gasteiger partial charge in [0.2, 0.25) is 5.91 Å². The summed E-state index contributed by atoms with van der Waals surface area (Å²) in [6.07, 6.45) is 1.19. The monoisotopic (exact) mass is 482 g/mol. The summed E-state index contributed by atoms with van der Waals surface area (Å²) in [5.41, 5.74) is 6.73. The molecule has 10 heteroatoms. The van der Waals surface area contributed by atoms with Gasteiger partial charge in [-0.15, -0.1) is 0 Å². The van der Waals surface area contributed by atoms with Gasteiger partial charge in [-0.3, -0.25) is 19.1 Å². The smallest absolute Gasteiger partial charge is 0.330 e. The van der Waals surface area contributed by atoms with Crippen LogP contribution in [0.1, 0.15) is 40.5 Å². The SMILES string of the molecule is CC(C)CN(C(=O)C1CCN(c2nc3ccccc3o2)CC1)c1c(N)n(CC(C)C)c(=O)[nH]c1=O. The van der Waals surface area contributed by atoms with E-state index < -0.39 is 11.2 Å². The van der Waals surface area contributed by atoms with Crippen LogP contribution < -0.4 is 26.8 Å². The Labute approximate surface area is 203 Å². The highest BCUT2D eigenvalue weighted by Crippen LogP contribution is 2.29. The van der Waals surface area contributed by atoms with Crippen LogP contribution in [-0.4, -0.2) is 40.1 Å². The van der Waals surface area contributed by atoms with E-state index in [0.717, 1.165) is 11.1 Å². The molecule has 4 rings (SSSR count). The molecule has 0 bridgehead atoms. The summed E-state index contributed by atoms with van der Waals surface area (Å²) in [5, 5.41) is 0. The third-order valence-electron chi connectivity index (χ3n) is 6.24. The molecule has 3 aromatic rings. The minimum atomic E-state index is -0.634. The van der Waals surface area contributed by atoms with E-state index in [0.29, 0.717) is 45.0 Å². The largest absolute Gasteiger partial charge is 0.423 e. The highest BCUT2D eigenvalue weighted by atomic mass is 16.4. The average molecular weight is 483 g/mol. The number of nitrogens with two attached hydrogens (primary N) is 1. The number of nitrogens with zero attached hydrogens (tertiary/aromatic N) is 4. The van der Waals surface area contributed by atoms with Crippen LogP contribution in [0.3, 0.4) is 0 Å². The lowest BCUT2D eigenvalue weighted by Gasteiger charge is -2.34. The van der Waals surface area contributed by atoms with Crippen molar-refractivity contribution >= 4 is 34.5 Å². The number of nitrogen functional groups attached to an aromatic ring is 1. The van der Waals surface area contributed by atoms with Gasteiger partial charge in [0.25, 0.3) is 11.6 Å². The van der Waals surface area contributed by atoms with Gasteiger partial charge in [0, 0.05) is 32.1 Å². The number of aromatic nitrogens is 3. The summed E-state index contributed by atoms with van der Waals surface area (Å²) in [5.74, 6) is -0.158. The van der Waals surface area contributed by atoms with Crippen LogP contribution in [0.5, 0.6) is 0 Å². The molecule has 188 valence electrons. The summed E-state index contributed by atoms with van der Waals surface area (Å²) in [7, 11) is 0. The van der Waals surface area contributed by atoms with Crippen molar-refractivity contribution in [2.24, 2.45) is 17.8 Å². The summed E-state index contributed by atoms with van der Waals surface area (Å²) >= 11 is 0. The van der Waals surface area contributed by atoms with Gasteiger partial charge >= 0.3 is 5.69 Å². The van der Waals surface area contributed by atoms with Crippen molar-refractivity contribution in [3.63, 3.8) is 0 Å². The Bertz CT molecular complexity index is 1280. The maximum absolute atomic E-state index is 13.7. The first-order valence-electron chi connectivity index (χ1n) is 12.2. The van der Waals surface area contributed by atoms with Gasteiger partial charge in [0.05, 0.1) is 0 Å². The molecule has 1 aliphatic rings. The number of anilines is 3. The minimum absolute atomic E-state index is 0.0327. The number of piperidine rings is 1. The van der Waals surface area contributed by atoms with Gasteiger partial charge in [-0.1, -0.05) is 39.8 Å². The summed E-state index contributed by atoms with van der Waals surface area (Å²) in [6.45, 7) is 9.76. The van der Waals surface area contributed by atoms with Crippen LogP contribution in [0.25, 0.3) is 11.1 Å². The van der Waals surface area contributed by atoms with Crippen LogP contribution in [0, 0.1) is 17.8 Å². The second kappa shape index (κ2) is 9.97. The highest BCUT2D eigenvalue weighted by Gasteiger charge is 2.33. The van der Waals surface area contributed by atoms with Gasteiger partial charge in [-0.2, -0.15) is 4.98 Å². The number of carbonyl (C=O) groups is 1. The lowest BCUT2D eigenvalue weighted by atomic mass is 9.95. The number of hydrogen-bond acceptors (Lipinski definition) is 7. The molecule has 35 heavy (non-hydrogen) atoms. The van der Waals surface area contributed by atoms with Gasteiger partial charge in [-0.05, 0) is 36.8 Å². The molecule has 1 aliphatic heterocycles. The molecule has 0 saturated carbocycles. The Kier molecular flexibility index (Phi) is 7.00. The summed E-state index contributed by atoms with van der Waals surface area (Å²) < 4.78 is 7.23. The van der Waals surface area contributed by atoms with E-state index in [1.165, 1.54) is 9.47 Å². The van der Waals surface area contributed by atoms with Crippen molar-refractivity contribution in [3.8, 4) is 0 Å². The van der Waals surface area contributed by atoms with E-state index >= 15 is 0 Å². The number of benzene rings is 1. The first-order valence-corrected chi connectivity index (χ1v) is 12.2. The van der Waals surface area contributed by atoms with Gasteiger partial charge in [-0.25, -0.2) is 4.79 Å². The Hall–Kier alpha value is -3.56. The number of para-hydroxylation sites is 2. The number of amides is 1. The molecule has 3 N–H and O–H groups in total. The molecule has 3 heterocycles. The topological polar surface area (TPSA) is 130 Å². The second-order valence-corrected chi connectivity index (χ2v) is 10.1. The molecule has 0 unspecified atom stereocenters. The second-order valence-electron chi connectivity index (χ2n) is 10.1. The Balaban J connectivity index is 1.57. The van der Waals surface area contributed by atoms with Crippen LogP contribution in [-0.2, 0) is 11.3 Å². The van der Waals surface area contributed by atoms with E-state index in [-0.39, 0.29) is 35.2 Å². The molecule has 1 amide bonds. The predicted molar refractivity (Wildman–Crippen MR) is 137 cm³/mol. The van der Waals surface area contributed by atoms with E-state index in [9.17, 15) is 14.4 Å². The van der Waals surface area contributed by atoms with E-state index in [1.54, 1.807) is 0 Å². The molecule has 0 aliphatic carbocycles. The fraction of sp³-hybridized carbons (Fsp3) is 0.520. The first kappa shape index (κ1) is 24.6. The number of oxazole rings is 1. The predicted octanol–water partition coefficient (Wildman–Crippen LogP) is 2.82. The molecule has 10 nitrogen and oxygen atoms in total. The zero-order valence-electron chi connectivity index (χ0n) is 20.8. The average Bonchev–Trinajstić information content (AvgIpc) is 3.24. The molecule has 2 aromatic heterocycles. The molecule has 0 radical (unpaired) electrons. The van der Waals surface area contributed by atoms with Crippen LogP contribution in [0.15, 0.2) is 38.3 Å². The maximum Gasteiger partial charge on any atom is 0.330 e. The van der Waals surface area contributed by atoms with Gasteiger partial charge < -0.3 is 20.0 Å². The summed E-state index contributed by atoms with van der Waals surface area (Å²) in [6, 6.07) is 8.16. The van der Waals surface area contributed by atoms with Gasteiger partial charge in [0.1, 0.15) is 11.3 Å². The molecule has 0 atom stereocenters. The van der Waals surface area contributed by atoms with Crippen molar-refractivity contribution in [1.82, 2.24) is 14.5 Å². The third-order valence-corrected chi connectivity index (χ3v) is 6.24.